The molecule has 0 N–H and O–H groups in total. The molecule has 0 fully saturated rings. The Balaban J connectivity index is 1.07. The number of urea groups is 1. The molecule has 2 amide bonds. The molecule has 0 aliphatic carbocycles. The molecule has 2 aliphatic heterocycles. The molecule has 0 unspecified atom stereocenters. The third kappa shape index (κ3) is 6.22. The van der Waals surface area contributed by atoms with Crippen molar-refractivity contribution in [3.05, 3.63) is 119 Å². The maximum Gasteiger partial charge on any atom is 0.416 e. The number of fused-ring (bicyclic) bond motifs is 1. The van der Waals surface area contributed by atoms with Gasteiger partial charge in [-0.25, -0.2) is 9.78 Å². The quantitative estimate of drug-likeness (QED) is 0.197. The Morgan fingerprint density at radius 3 is 2.45 bits per heavy atom. The molecule has 0 spiro atoms. The molecule has 44 heavy (non-hydrogen) atoms. The summed E-state index contributed by atoms with van der Waals surface area (Å²) in [6.45, 7) is 2.85. The number of aryl methyl sites for hydroxylation is 1. The van der Waals surface area contributed by atoms with E-state index in [1.807, 2.05) is 37.3 Å². The summed E-state index contributed by atoms with van der Waals surface area (Å²) in [5.74, 6) is 1.88. The number of anilines is 1. The Bertz CT molecular complexity index is 1740. The number of halogens is 3. The van der Waals surface area contributed by atoms with Crippen molar-refractivity contribution in [1.82, 2.24) is 9.88 Å². The predicted octanol–water partition coefficient (Wildman–Crippen LogP) is 7.31. The fraction of sp³-hybridized carbons (Fsp3) is 0.182. The SMILES string of the molecule is Cc1cc(N2CC=CN(Cc3ccc4c(c3)OCO4)C2=O)ccc1Oc1ccc(CC(=O)c2ccc(C(F)(F)F)cc2)cn1. The maximum absolute atomic E-state index is 13.3. The molecule has 4 aromatic rings. The van der Waals surface area contributed by atoms with Gasteiger partial charge < -0.3 is 14.2 Å². The first-order chi connectivity index (χ1) is 21.1. The van der Waals surface area contributed by atoms with E-state index in [0.717, 1.165) is 23.3 Å². The Morgan fingerprint density at radius 2 is 1.73 bits per heavy atom. The van der Waals surface area contributed by atoms with Crippen molar-refractivity contribution in [1.29, 1.82) is 0 Å². The van der Waals surface area contributed by atoms with Crippen LogP contribution in [0.3, 0.4) is 0 Å². The predicted molar refractivity (Wildman–Crippen MR) is 155 cm³/mol. The minimum absolute atomic E-state index is 0.0175. The smallest absolute Gasteiger partial charge is 0.416 e. The summed E-state index contributed by atoms with van der Waals surface area (Å²) in [6.07, 6.45) is 0.715. The Kier molecular flexibility index (Phi) is 7.69. The Morgan fingerprint density at radius 1 is 0.955 bits per heavy atom. The molecule has 224 valence electrons. The van der Waals surface area contributed by atoms with E-state index >= 15 is 0 Å². The number of ketones is 1. The third-order valence-corrected chi connectivity index (χ3v) is 7.22. The zero-order valence-corrected chi connectivity index (χ0v) is 23.5. The molecular weight excluding hydrogens is 575 g/mol. The molecule has 6 rings (SSSR count). The van der Waals surface area contributed by atoms with Gasteiger partial charge in [0.05, 0.1) is 12.1 Å². The van der Waals surface area contributed by atoms with Crippen LogP contribution in [0, 0.1) is 6.92 Å². The lowest BCUT2D eigenvalue weighted by Gasteiger charge is -2.32. The number of hydrogen-bond acceptors (Lipinski definition) is 6. The second-order valence-electron chi connectivity index (χ2n) is 10.3. The van der Waals surface area contributed by atoms with Crippen molar-refractivity contribution in [3.63, 3.8) is 0 Å². The van der Waals surface area contributed by atoms with Crippen molar-refractivity contribution < 1.29 is 37.0 Å². The molecule has 1 aromatic heterocycles. The highest BCUT2D eigenvalue weighted by Crippen LogP contribution is 2.34. The van der Waals surface area contributed by atoms with Crippen LogP contribution in [-0.4, -0.2) is 35.0 Å². The molecule has 0 radical (unpaired) electrons. The van der Waals surface area contributed by atoms with E-state index in [2.05, 4.69) is 4.98 Å². The van der Waals surface area contributed by atoms with Gasteiger partial charge >= 0.3 is 12.2 Å². The molecule has 0 bridgehead atoms. The van der Waals surface area contributed by atoms with Crippen LogP contribution in [-0.2, 0) is 19.1 Å². The van der Waals surface area contributed by atoms with Gasteiger partial charge in [0, 0.05) is 42.7 Å². The van der Waals surface area contributed by atoms with E-state index in [1.165, 1.54) is 18.3 Å². The first-order valence-corrected chi connectivity index (χ1v) is 13.7. The van der Waals surface area contributed by atoms with Gasteiger partial charge in [-0.1, -0.05) is 24.3 Å². The zero-order chi connectivity index (χ0) is 30.8. The fourth-order valence-corrected chi connectivity index (χ4v) is 4.89. The Labute approximate surface area is 250 Å². The van der Waals surface area contributed by atoms with Crippen LogP contribution in [0.25, 0.3) is 0 Å². The van der Waals surface area contributed by atoms with E-state index in [9.17, 15) is 22.8 Å². The summed E-state index contributed by atoms with van der Waals surface area (Å²) in [4.78, 5) is 33.5. The number of carbonyl (C=O) groups excluding carboxylic acids is 2. The lowest BCUT2D eigenvalue weighted by Crippen LogP contribution is -2.43. The largest absolute Gasteiger partial charge is 0.454 e. The summed E-state index contributed by atoms with van der Waals surface area (Å²) in [5.41, 5.74) is 2.39. The van der Waals surface area contributed by atoms with Crippen molar-refractivity contribution in [2.45, 2.75) is 26.1 Å². The molecule has 3 aromatic carbocycles. The number of ether oxygens (including phenoxy) is 3. The van der Waals surface area contributed by atoms with E-state index in [4.69, 9.17) is 14.2 Å². The lowest BCUT2D eigenvalue weighted by molar-refractivity contribution is -0.137. The van der Waals surface area contributed by atoms with E-state index < -0.39 is 11.7 Å². The highest BCUT2D eigenvalue weighted by molar-refractivity contribution is 5.97. The monoisotopic (exact) mass is 601 g/mol. The summed E-state index contributed by atoms with van der Waals surface area (Å²) in [6, 6.07) is 18.3. The topological polar surface area (TPSA) is 81.2 Å². The molecule has 8 nitrogen and oxygen atoms in total. The summed E-state index contributed by atoms with van der Waals surface area (Å²) < 4.78 is 55.1. The van der Waals surface area contributed by atoms with Crippen molar-refractivity contribution in [2.75, 3.05) is 18.2 Å². The first kappa shape index (κ1) is 28.8. The van der Waals surface area contributed by atoms with E-state index in [1.54, 1.807) is 40.3 Å². The number of carbonyl (C=O) groups is 2. The van der Waals surface area contributed by atoms with Crippen LogP contribution in [0.1, 0.15) is 32.6 Å². The second-order valence-corrected chi connectivity index (χ2v) is 10.3. The van der Waals surface area contributed by atoms with Gasteiger partial charge in [-0.05, 0) is 72.2 Å². The van der Waals surface area contributed by atoms with Gasteiger partial charge in [0.1, 0.15) is 5.75 Å². The van der Waals surface area contributed by atoms with E-state index in [-0.39, 0.29) is 30.6 Å². The Hall–Kier alpha value is -5.32. The number of rotatable bonds is 8. The number of aromatic nitrogens is 1. The number of amides is 2. The molecule has 0 saturated heterocycles. The van der Waals surface area contributed by atoms with Gasteiger partial charge in [-0.15, -0.1) is 0 Å². The first-order valence-electron chi connectivity index (χ1n) is 13.7. The number of Topliss-reactive ketones (excluding diaryl/α,β-unsaturated/α-hetero) is 1. The van der Waals surface area contributed by atoms with Gasteiger partial charge in [0.25, 0.3) is 0 Å². The standard InChI is InChI=1S/C33H26F3N3O5/c1-21-15-26(39-14-2-13-38(32(39)41)19-23-3-10-29-30(17-23)43-20-42-29)9-11-28(21)44-31-12-4-22(18-37-31)16-27(40)24-5-7-25(8-6-24)33(34,35)36/h2-13,15,17-18H,14,16,19-20H2,1H3. The van der Waals surface area contributed by atoms with Crippen LogP contribution in [0.15, 0.2) is 91.3 Å². The van der Waals surface area contributed by atoms with Gasteiger partial charge in [-0.2, -0.15) is 13.2 Å². The third-order valence-electron chi connectivity index (χ3n) is 7.22. The highest BCUT2D eigenvalue weighted by Gasteiger charge is 2.30. The molecule has 0 atom stereocenters. The molecule has 0 saturated carbocycles. The molecule has 3 heterocycles. The van der Waals surface area contributed by atoms with Crippen molar-refractivity contribution >= 4 is 17.5 Å². The van der Waals surface area contributed by atoms with Gasteiger partial charge in [0.15, 0.2) is 17.3 Å². The molecule has 2 aliphatic rings. The van der Waals surface area contributed by atoms with Crippen molar-refractivity contribution in [3.8, 4) is 23.1 Å². The number of alkyl halides is 3. The van der Waals surface area contributed by atoms with Crippen LogP contribution in [0.2, 0.25) is 0 Å². The summed E-state index contributed by atoms with van der Waals surface area (Å²) >= 11 is 0. The number of pyridine rings is 1. The summed E-state index contributed by atoms with van der Waals surface area (Å²) in [5, 5.41) is 0. The minimum Gasteiger partial charge on any atom is -0.454 e. The second kappa shape index (κ2) is 11.8. The average molecular weight is 602 g/mol. The lowest BCUT2D eigenvalue weighted by atomic mass is 10.0. The van der Waals surface area contributed by atoms with Crippen LogP contribution < -0.4 is 19.1 Å². The molecule has 11 heteroatoms. The van der Waals surface area contributed by atoms with Crippen LogP contribution >= 0.6 is 0 Å². The number of hydrogen-bond donors (Lipinski definition) is 0. The minimum atomic E-state index is -4.46. The van der Waals surface area contributed by atoms with Crippen molar-refractivity contribution in [2.24, 2.45) is 0 Å². The fourth-order valence-electron chi connectivity index (χ4n) is 4.89. The normalized spacial score (nSPS) is 14.2. The number of benzene rings is 3. The van der Waals surface area contributed by atoms with E-state index in [0.29, 0.717) is 47.5 Å². The highest BCUT2D eigenvalue weighted by atomic mass is 19.4. The molecular formula is C33H26F3N3O5. The maximum atomic E-state index is 13.3. The van der Waals surface area contributed by atoms with Crippen LogP contribution in [0.4, 0.5) is 23.7 Å². The average Bonchev–Trinajstić information content (AvgIpc) is 3.48. The van der Waals surface area contributed by atoms with Crippen LogP contribution in [0.5, 0.6) is 23.1 Å². The van der Waals surface area contributed by atoms with Gasteiger partial charge in [-0.3, -0.25) is 14.6 Å². The summed E-state index contributed by atoms with van der Waals surface area (Å²) in [7, 11) is 0. The number of nitrogens with zero attached hydrogens (tertiary/aromatic N) is 3. The van der Waals surface area contributed by atoms with Gasteiger partial charge in [0.2, 0.25) is 12.7 Å². The zero-order valence-electron chi connectivity index (χ0n) is 23.5.